The number of rotatable bonds is 7. The number of carboxylic acids is 1. The molecule has 11 heteroatoms. The van der Waals surface area contributed by atoms with E-state index in [1.165, 1.54) is 32.2 Å². The molecular weight excluding hydrogens is 459 g/mol. The van der Waals surface area contributed by atoms with Gasteiger partial charge in [0.15, 0.2) is 21.9 Å². The molecule has 2 amide bonds. The highest BCUT2D eigenvalue weighted by atomic mass is 32.2. The Kier molecular flexibility index (Phi) is 7.11. The average Bonchev–Trinajstić information content (AvgIpc) is 3.02. The third-order valence-electron chi connectivity index (χ3n) is 4.25. The SMILES string of the molecule is COc1cc(/C=C2/SC(=S)N(NC(=O)c3ccc(F)cc3)C2=O)ccc1OC(C)C(=O)O. The number of carbonyl (C=O) groups is 3. The third kappa shape index (κ3) is 5.24. The van der Waals surface area contributed by atoms with Crippen LogP contribution in [0.1, 0.15) is 22.8 Å². The Balaban J connectivity index is 1.77. The van der Waals surface area contributed by atoms with E-state index in [9.17, 15) is 18.8 Å². The number of hydrazine groups is 1. The summed E-state index contributed by atoms with van der Waals surface area (Å²) in [5.41, 5.74) is 3.15. The predicted octanol–water partition coefficient (Wildman–Crippen LogP) is 3.23. The van der Waals surface area contributed by atoms with E-state index < -0.39 is 29.7 Å². The summed E-state index contributed by atoms with van der Waals surface area (Å²) in [6.07, 6.45) is 0.478. The fourth-order valence-electron chi connectivity index (χ4n) is 2.59. The standard InChI is InChI=1S/C21H17FN2O6S2/c1-11(20(27)28)30-15-8-3-12(9-16(15)29-2)10-17-19(26)24(21(31)32-17)23-18(25)13-4-6-14(22)7-5-13/h3-11H,1-2H3,(H,23,25)(H,27,28)/b17-10+. The topological polar surface area (TPSA) is 105 Å². The minimum Gasteiger partial charge on any atom is -0.493 e. The van der Waals surface area contributed by atoms with Crippen LogP contribution >= 0.6 is 24.0 Å². The Hall–Kier alpha value is -3.44. The molecule has 32 heavy (non-hydrogen) atoms. The van der Waals surface area contributed by atoms with Crippen molar-refractivity contribution >= 4 is 52.2 Å². The summed E-state index contributed by atoms with van der Waals surface area (Å²) in [5, 5.41) is 9.94. The number of nitrogens with one attached hydrogen (secondary N) is 1. The number of thioether (sulfide) groups is 1. The van der Waals surface area contributed by atoms with Gasteiger partial charge in [0, 0.05) is 5.56 Å². The summed E-state index contributed by atoms with van der Waals surface area (Å²) in [7, 11) is 1.40. The van der Waals surface area contributed by atoms with Crippen LogP contribution in [0.25, 0.3) is 6.08 Å². The number of benzene rings is 2. The molecule has 3 rings (SSSR count). The zero-order chi connectivity index (χ0) is 23.4. The minimum absolute atomic E-state index is 0.124. The van der Waals surface area contributed by atoms with Crippen molar-refractivity contribution in [2.45, 2.75) is 13.0 Å². The number of hydrogen-bond donors (Lipinski definition) is 2. The van der Waals surface area contributed by atoms with E-state index in [0.29, 0.717) is 5.56 Å². The number of thiocarbonyl (C=S) groups is 1. The molecule has 1 aliphatic rings. The third-order valence-corrected chi connectivity index (χ3v) is 5.55. The van der Waals surface area contributed by atoms with Crippen molar-refractivity contribution in [1.82, 2.24) is 10.4 Å². The van der Waals surface area contributed by atoms with Crippen LogP contribution in [0.5, 0.6) is 11.5 Å². The van der Waals surface area contributed by atoms with Crippen LogP contribution in [0.2, 0.25) is 0 Å². The van der Waals surface area contributed by atoms with Crippen LogP contribution in [-0.4, -0.2) is 45.4 Å². The molecule has 166 valence electrons. The minimum atomic E-state index is -1.12. The largest absolute Gasteiger partial charge is 0.493 e. The molecule has 1 fully saturated rings. The van der Waals surface area contributed by atoms with Gasteiger partial charge in [-0.15, -0.1) is 0 Å². The van der Waals surface area contributed by atoms with E-state index in [1.807, 2.05) is 0 Å². The number of hydrogen-bond acceptors (Lipinski definition) is 7. The highest BCUT2D eigenvalue weighted by Gasteiger charge is 2.34. The van der Waals surface area contributed by atoms with Crippen molar-refractivity contribution in [3.8, 4) is 11.5 Å². The Bertz CT molecular complexity index is 1120. The summed E-state index contributed by atoms with van der Waals surface area (Å²) in [5.74, 6) is -2.24. The molecule has 0 saturated carbocycles. The maximum atomic E-state index is 13.0. The van der Waals surface area contributed by atoms with Gasteiger partial charge in [-0.2, -0.15) is 5.01 Å². The highest BCUT2D eigenvalue weighted by molar-refractivity contribution is 8.26. The Morgan fingerprint density at radius 1 is 1.22 bits per heavy atom. The zero-order valence-corrected chi connectivity index (χ0v) is 18.5. The van der Waals surface area contributed by atoms with Crippen LogP contribution < -0.4 is 14.9 Å². The van der Waals surface area contributed by atoms with E-state index in [-0.39, 0.29) is 26.3 Å². The van der Waals surface area contributed by atoms with Crippen molar-refractivity contribution in [2.24, 2.45) is 0 Å². The molecule has 0 aromatic heterocycles. The van der Waals surface area contributed by atoms with Crippen LogP contribution in [0.4, 0.5) is 4.39 Å². The number of amides is 2. The molecule has 1 aliphatic heterocycles. The fourth-order valence-corrected chi connectivity index (χ4v) is 3.77. The summed E-state index contributed by atoms with van der Waals surface area (Å²) in [4.78, 5) is 36.3. The van der Waals surface area contributed by atoms with E-state index in [2.05, 4.69) is 5.43 Å². The van der Waals surface area contributed by atoms with Crippen molar-refractivity contribution in [2.75, 3.05) is 7.11 Å². The molecule has 0 bridgehead atoms. The molecule has 2 aromatic rings. The normalized spacial score (nSPS) is 15.6. The molecule has 0 aliphatic carbocycles. The van der Waals surface area contributed by atoms with Gasteiger partial charge in [-0.1, -0.05) is 17.8 Å². The van der Waals surface area contributed by atoms with Crippen molar-refractivity contribution in [3.63, 3.8) is 0 Å². The maximum Gasteiger partial charge on any atom is 0.344 e. The number of carboxylic acid groups (broad SMARTS) is 1. The number of halogens is 1. The van der Waals surface area contributed by atoms with Crippen molar-refractivity contribution in [1.29, 1.82) is 0 Å². The summed E-state index contributed by atoms with van der Waals surface area (Å²) in [6, 6.07) is 9.58. The molecular formula is C21H17FN2O6S2. The second-order valence-electron chi connectivity index (χ2n) is 6.47. The van der Waals surface area contributed by atoms with Gasteiger partial charge >= 0.3 is 5.97 Å². The monoisotopic (exact) mass is 476 g/mol. The average molecular weight is 477 g/mol. The molecule has 2 aromatic carbocycles. The lowest BCUT2D eigenvalue weighted by atomic mass is 10.2. The molecule has 0 radical (unpaired) electrons. The van der Waals surface area contributed by atoms with Gasteiger partial charge in [-0.25, -0.2) is 9.18 Å². The first-order chi connectivity index (χ1) is 15.2. The second-order valence-corrected chi connectivity index (χ2v) is 8.15. The fraction of sp³-hybridized carbons (Fsp3) is 0.143. The summed E-state index contributed by atoms with van der Waals surface area (Å²) in [6.45, 7) is 1.39. The lowest BCUT2D eigenvalue weighted by molar-refractivity contribution is -0.144. The van der Waals surface area contributed by atoms with E-state index in [1.54, 1.807) is 18.2 Å². The molecule has 1 heterocycles. The van der Waals surface area contributed by atoms with E-state index in [4.69, 9.17) is 26.8 Å². The number of methoxy groups -OCH3 is 1. The molecule has 2 N–H and O–H groups in total. The van der Waals surface area contributed by atoms with Crippen LogP contribution in [0.15, 0.2) is 47.4 Å². The van der Waals surface area contributed by atoms with Gasteiger partial charge < -0.3 is 14.6 Å². The first-order valence-electron chi connectivity index (χ1n) is 9.11. The Morgan fingerprint density at radius 2 is 1.91 bits per heavy atom. The lowest BCUT2D eigenvalue weighted by Gasteiger charge is -2.15. The van der Waals surface area contributed by atoms with Gasteiger partial charge in [-0.3, -0.25) is 15.0 Å². The Labute approximate surface area is 192 Å². The van der Waals surface area contributed by atoms with E-state index in [0.717, 1.165) is 28.9 Å². The molecule has 1 unspecified atom stereocenters. The van der Waals surface area contributed by atoms with Gasteiger partial charge in [-0.05, 0) is 67.2 Å². The predicted molar refractivity (Wildman–Crippen MR) is 120 cm³/mol. The molecule has 1 saturated heterocycles. The van der Waals surface area contributed by atoms with E-state index >= 15 is 0 Å². The highest BCUT2D eigenvalue weighted by Crippen LogP contribution is 2.34. The second kappa shape index (κ2) is 9.79. The first kappa shape index (κ1) is 23.2. The van der Waals surface area contributed by atoms with Gasteiger partial charge in [0.1, 0.15) is 5.82 Å². The van der Waals surface area contributed by atoms with Crippen LogP contribution in [-0.2, 0) is 9.59 Å². The van der Waals surface area contributed by atoms with Crippen LogP contribution in [0.3, 0.4) is 0 Å². The number of nitrogens with zero attached hydrogens (tertiary/aromatic N) is 1. The zero-order valence-electron chi connectivity index (χ0n) is 16.8. The number of carbonyl (C=O) groups excluding carboxylic acids is 2. The quantitative estimate of drug-likeness (QED) is 0.464. The molecule has 1 atom stereocenters. The van der Waals surface area contributed by atoms with Gasteiger partial charge in [0.05, 0.1) is 12.0 Å². The number of ether oxygens (including phenoxy) is 2. The van der Waals surface area contributed by atoms with Gasteiger partial charge in [0.2, 0.25) is 0 Å². The lowest BCUT2D eigenvalue weighted by Crippen LogP contribution is -2.44. The van der Waals surface area contributed by atoms with Crippen molar-refractivity contribution in [3.05, 3.63) is 64.3 Å². The maximum absolute atomic E-state index is 13.0. The van der Waals surface area contributed by atoms with Crippen molar-refractivity contribution < 1.29 is 33.4 Å². The number of aliphatic carboxylic acids is 1. The van der Waals surface area contributed by atoms with Gasteiger partial charge in [0.25, 0.3) is 11.8 Å². The molecule has 8 nitrogen and oxygen atoms in total. The summed E-state index contributed by atoms with van der Waals surface area (Å²) >= 11 is 6.19. The first-order valence-corrected chi connectivity index (χ1v) is 10.3. The summed E-state index contributed by atoms with van der Waals surface area (Å²) < 4.78 is 23.8. The molecule has 0 spiro atoms. The Morgan fingerprint density at radius 3 is 2.53 bits per heavy atom. The smallest absolute Gasteiger partial charge is 0.344 e. The van der Waals surface area contributed by atoms with Crippen LogP contribution in [0, 0.1) is 5.82 Å².